The van der Waals surface area contributed by atoms with Crippen molar-refractivity contribution in [3.05, 3.63) is 52.1 Å². The van der Waals surface area contributed by atoms with Gasteiger partial charge in [-0.15, -0.1) is 0 Å². The smallest absolute Gasteiger partial charge is 0.193 e. The Morgan fingerprint density at radius 2 is 1.21 bits per heavy atom. The van der Waals surface area contributed by atoms with E-state index in [1.165, 1.54) is 0 Å². The zero-order valence-corrected chi connectivity index (χ0v) is 74.0. The molecular weight excluding hydrogens is 1450 g/mol. The van der Waals surface area contributed by atoms with Gasteiger partial charge in [-0.1, -0.05) is 152 Å². The largest absolute Gasteiger partial charge is 0.414 e. The molecule has 1 N–H and O–H groups in total. The molecule has 0 aliphatic carbocycles. The highest BCUT2D eigenvalue weighted by molar-refractivity contribution is 14.1. The minimum Gasteiger partial charge on any atom is -0.414 e. The van der Waals surface area contributed by atoms with Crippen LogP contribution in [0.5, 0.6) is 0 Å². The van der Waals surface area contributed by atoms with Crippen molar-refractivity contribution in [2.24, 2.45) is 11.8 Å². The van der Waals surface area contributed by atoms with Crippen molar-refractivity contribution in [1.82, 2.24) is 0 Å². The summed E-state index contributed by atoms with van der Waals surface area (Å²) >= 11 is 2.31. The topological polar surface area (TPSA) is 165 Å². The first kappa shape index (κ1) is 85.2. The lowest BCUT2D eigenvalue weighted by atomic mass is 9.77. The molecule has 6 heterocycles. The summed E-state index contributed by atoms with van der Waals surface area (Å²) < 4.78 is 114. The van der Waals surface area contributed by atoms with E-state index in [9.17, 15) is 13.5 Å². The Labute approximate surface area is 616 Å². The van der Waals surface area contributed by atoms with Crippen LogP contribution in [0.1, 0.15) is 206 Å². The van der Waals surface area contributed by atoms with Crippen molar-refractivity contribution in [2.45, 2.75) is 394 Å². The van der Waals surface area contributed by atoms with Crippen LogP contribution in [0.25, 0.3) is 0 Å². The third-order valence-electron chi connectivity index (χ3n) is 25.4. The first-order valence-corrected chi connectivity index (χ1v) is 54.6. The van der Waals surface area contributed by atoms with Gasteiger partial charge in [-0.2, -0.15) is 0 Å². The fraction of sp³-hybridized carbons (Fsp3) is 0.868. The number of hydrogen-bond donors (Lipinski definition) is 2. The summed E-state index contributed by atoms with van der Waals surface area (Å²) in [5, 5.41) is 13.3. The van der Waals surface area contributed by atoms with E-state index in [2.05, 4.69) is 216 Å². The van der Waals surface area contributed by atoms with Gasteiger partial charge in [-0.05, 0) is 200 Å². The van der Waals surface area contributed by atoms with Gasteiger partial charge in [-0.3, -0.25) is 0 Å². The summed E-state index contributed by atoms with van der Waals surface area (Å²) in [6.45, 7) is 66.1. The molecular formula is C76H139IO15SSi5. The molecule has 0 amide bonds. The van der Waals surface area contributed by atoms with E-state index in [1.54, 1.807) is 18.2 Å². The maximum Gasteiger partial charge on any atom is 0.193 e. The van der Waals surface area contributed by atoms with Gasteiger partial charge < -0.3 is 60.4 Å². The van der Waals surface area contributed by atoms with E-state index in [0.717, 1.165) is 50.5 Å². The molecule has 6 aliphatic rings. The number of ether oxygens (including phenoxy) is 7. The summed E-state index contributed by atoms with van der Waals surface area (Å²) in [6, 6.07) is 7.17. The van der Waals surface area contributed by atoms with Crippen LogP contribution in [0.4, 0.5) is 0 Å². The van der Waals surface area contributed by atoms with Crippen molar-refractivity contribution in [2.75, 3.05) is 19.8 Å². The van der Waals surface area contributed by atoms with Crippen LogP contribution < -0.4 is 0 Å². The normalized spacial score (nSPS) is 30.9. The van der Waals surface area contributed by atoms with Gasteiger partial charge in [0.25, 0.3) is 0 Å². The van der Waals surface area contributed by atoms with Gasteiger partial charge in [-0.25, -0.2) is 8.42 Å². The Morgan fingerprint density at radius 1 is 0.643 bits per heavy atom. The molecule has 0 saturated carbocycles. The molecule has 8 unspecified atom stereocenters. The monoisotopic (exact) mass is 1590 g/mol. The molecule has 566 valence electrons. The summed E-state index contributed by atoms with van der Waals surface area (Å²) in [4.78, 5) is 0.195. The Bertz CT molecular complexity index is 2820. The number of halogens is 1. The average Bonchev–Trinajstić information content (AvgIpc) is 0.850. The first-order valence-electron chi connectivity index (χ1n) is 37.7. The highest BCUT2D eigenvalue weighted by Gasteiger charge is 2.59. The maximum atomic E-state index is 13.7. The minimum atomic E-state index is -2.94. The number of thiol groups is 1. The number of benzene rings is 1. The first-order chi connectivity index (χ1) is 44.9. The SMILES string of the molecule is C=C1CC[C@H](CC[C@@H]2O[C@@H](CCC3OCCO3)CC2C)O[C@@H]1C[C@@H]1O[C@H](CC(CO[Si](C)(C)C(C)(C)C)O[Si](C)(C)C(C)(C)C)C[C@H]1CC(O)C(c1cccc([SH](=O)=O)c1)[C@H]1CC[C@@H]2OC([C@H](/C=C/I)O[Si](C)(C)C(C)(C)C)C(O[Si](C)(C)C(C)(C)C)C(O[Si](C)(C)C(C)(C)C)C2O1. The molecule has 6 aliphatic heterocycles. The van der Waals surface area contributed by atoms with Crippen LogP contribution in [0.2, 0.25) is 90.7 Å². The van der Waals surface area contributed by atoms with Crippen LogP contribution in [-0.2, 0) is 66.0 Å². The fourth-order valence-electron chi connectivity index (χ4n) is 14.0. The quantitative estimate of drug-likeness (QED) is 0.0337. The molecule has 15 nitrogen and oxygen atoms in total. The zero-order chi connectivity index (χ0) is 73.3. The number of aliphatic hydroxyl groups excluding tert-OH is 1. The van der Waals surface area contributed by atoms with Crippen molar-refractivity contribution in [3.8, 4) is 0 Å². The lowest BCUT2D eigenvalue weighted by molar-refractivity contribution is -0.270. The second kappa shape index (κ2) is 33.6. The molecule has 18 atom stereocenters. The van der Waals surface area contributed by atoms with E-state index < -0.39 is 107 Å². The number of fused-ring (bicyclic) bond motifs is 1. The van der Waals surface area contributed by atoms with E-state index in [-0.39, 0.29) is 85.0 Å². The lowest BCUT2D eigenvalue weighted by Gasteiger charge is -2.56. The highest BCUT2D eigenvalue weighted by Crippen LogP contribution is 2.51. The van der Waals surface area contributed by atoms with Crippen LogP contribution in [0.15, 0.2) is 51.5 Å². The molecule has 0 spiro atoms. The van der Waals surface area contributed by atoms with Crippen LogP contribution in [-0.4, -0.2) is 173 Å². The second-order valence-electron chi connectivity index (χ2n) is 38.0. The van der Waals surface area contributed by atoms with Gasteiger partial charge >= 0.3 is 0 Å². The standard InChI is InChI=1S/C76H139IO15SSi5/c1-50-31-32-54(33-35-60-51(2)43-55(85-60)34-38-66-81-41-42-82-66)84-64(50)48-65-53(44-56(86-65)47-57(89-95(20,21)73(6,7)8)49-83-94(18,19)72(3,4)5)46-59(78)67(52-29-28-30-58(45-52)93(79)80)61-36-37-62-68(87-61)70(91-97(24,25)75(12,13)14)71(92-98(26,27)76(15,16)17)69(88-62)63(39-40-77)90-96(22,23)74(9,10)11/h28-30,39-40,45,51,53-57,59-71,78,93H,1,31-38,41-44,46-49H2,2-27H3/b40-39+/t51?,53-,54+,55-,56-,57?,59?,60-,61+,62-,63-,64+,65-,67?,68?,69?,70?,71?/m0/s1. The third kappa shape index (κ3) is 21.9. The lowest BCUT2D eigenvalue weighted by Crippen LogP contribution is -2.69. The Morgan fingerprint density at radius 3 is 1.80 bits per heavy atom. The summed E-state index contributed by atoms with van der Waals surface area (Å²) in [6.07, 6.45) is 6.69. The van der Waals surface area contributed by atoms with Crippen molar-refractivity contribution < 1.29 is 68.8 Å². The van der Waals surface area contributed by atoms with Gasteiger partial charge in [0.1, 0.15) is 24.4 Å². The summed E-state index contributed by atoms with van der Waals surface area (Å²) in [5.74, 6) is -0.312. The predicted octanol–water partition coefficient (Wildman–Crippen LogP) is 18.7. The fourth-order valence-corrected chi connectivity index (χ4v) is 21.1. The molecule has 22 heteroatoms. The molecule has 1 aromatic rings. The average molecular weight is 1590 g/mol. The highest BCUT2D eigenvalue weighted by atomic mass is 127. The molecule has 6 fully saturated rings. The van der Waals surface area contributed by atoms with Crippen molar-refractivity contribution in [1.29, 1.82) is 0 Å². The number of aliphatic hydroxyl groups is 1. The molecule has 7 rings (SSSR count). The maximum absolute atomic E-state index is 13.7. The van der Waals surface area contributed by atoms with Crippen molar-refractivity contribution >= 4 is 74.9 Å². The number of rotatable bonds is 29. The number of hydrogen-bond acceptors (Lipinski definition) is 15. The summed E-state index contributed by atoms with van der Waals surface area (Å²) in [7, 11) is -15.1. The van der Waals surface area contributed by atoms with E-state index in [1.807, 2.05) is 6.07 Å². The Balaban J connectivity index is 1.26. The minimum absolute atomic E-state index is 0.0122. The summed E-state index contributed by atoms with van der Waals surface area (Å²) in [5.41, 5.74) is 1.79. The van der Waals surface area contributed by atoms with E-state index >= 15 is 0 Å². The van der Waals surface area contributed by atoms with Gasteiger partial charge in [0.15, 0.2) is 58.6 Å². The molecule has 0 radical (unpaired) electrons. The Hall–Kier alpha value is -0.0556. The molecule has 1 aromatic carbocycles. The van der Waals surface area contributed by atoms with Crippen LogP contribution >= 0.6 is 22.6 Å². The van der Waals surface area contributed by atoms with Gasteiger partial charge in [0.2, 0.25) is 0 Å². The molecule has 0 bridgehead atoms. The van der Waals surface area contributed by atoms with E-state index in [4.69, 9.17) is 55.3 Å². The van der Waals surface area contributed by atoms with E-state index in [0.29, 0.717) is 69.8 Å². The molecule has 98 heavy (non-hydrogen) atoms. The molecule has 6 saturated heterocycles. The van der Waals surface area contributed by atoms with Crippen molar-refractivity contribution in [3.63, 3.8) is 0 Å². The predicted molar refractivity (Wildman–Crippen MR) is 419 cm³/mol. The van der Waals surface area contributed by atoms with Gasteiger partial charge in [0.05, 0.1) is 91.9 Å². The van der Waals surface area contributed by atoms with Crippen LogP contribution in [0.3, 0.4) is 0 Å². The third-order valence-corrected chi connectivity index (χ3v) is 49.0. The Kier molecular flexibility index (Phi) is 29.2. The second-order valence-corrected chi connectivity index (χ2v) is 63.6. The van der Waals surface area contributed by atoms with Crippen LogP contribution in [0, 0.1) is 11.8 Å². The molecule has 0 aromatic heterocycles. The van der Waals surface area contributed by atoms with Gasteiger partial charge in [0, 0.05) is 25.2 Å². The zero-order valence-electron chi connectivity index (χ0n) is 65.9.